The molecule has 3 N–H and O–H groups in total. The smallest absolute Gasteiger partial charge is 0.189 e. The minimum atomic E-state index is -0.442. The zero-order valence-corrected chi connectivity index (χ0v) is 11.3. The Bertz CT molecular complexity index is 704. The van der Waals surface area contributed by atoms with Crippen LogP contribution in [0.15, 0.2) is 42.5 Å². The molecule has 0 bridgehead atoms. The van der Waals surface area contributed by atoms with Crippen LogP contribution in [0.3, 0.4) is 0 Å². The Kier molecular flexibility index (Phi) is 4.13. The van der Waals surface area contributed by atoms with E-state index in [0.717, 1.165) is 6.07 Å². The molecule has 21 heavy (non-hydrogen) atoms. The average molecular weight is 286 g/mol. The highest BCUT2D eigenvalue weighted by Gasteiger charge is 2.09. The standard InChI is InChI=1S/C16H14O5/c1-21-12-5-2-10(15(19)9-12)3-7-14(18)13-6-4-11(17)8-16(13)20/h2-9,17,19-20H,1H3. The molecular weight excluding hydrogens is 272 g/mol. The summed E-state index contributed by atoms with van der Waals surface area (Å²) in [7, 11) is 1.49. The topological polar surface area (TPSA) is 87.0 Å². The van der Waals surface area contributed by atoms with Gasteiger partial charge in [0.2, 0.25) is 0 Å². The number of rotatable bonds is 4. The molecule has 0 fully saturated rings. The van der Waals surface area contributed by atoms with E-state index in [-0.39, 0.29) is 22.8 Å². The summed E-state index contributed by atoms with van der Waals surface area (Å²) < 4.78 is 4.96. The predicted octanol–water partition coefficient (Wildman–Crippen LogP) is 2.71. The number of methoxy groups -OCH3 is 1. The number of phenols is 3. The van der Waals surface area contributed by atoms with Gasteiger partial charge in [0.05, 0.1) is 12.7 Å². The van der Waals surface area contributed by atoms with Crippen LogP contribution in [0, 0.1) is 0 Å². The van der Waals surface area contributed by atoms with Gasteiger partial charge in [0.15, 0.2) is 5.78 Å². The second-order valence-electron chi connectivity index (χ2n) is 4.32. The van der Waals surface area contributed by atoms with E-state index in [9.17, 15) is 20.1 Å². The van der Waals surface area contributed by atoms with Crippen LogP contribution in [-0.2, 0) is 0 Å². The van der Waals surface area contributed by atoms with Gasteiger partial charge in [0.1, 0.15) is 23.0 Å². The van der Waals surface area contributed by atoms with Crippen molar-refractivity contribution in [1.82, 2.24) is 0 Å². The third kappa shape index (κ3) is 3.33. The highest BCUT2D eigenvalue weighted by Crippen LogP contribution is 2.26. The summed E-state index contributed by atoms with van der Waals surface area (Å²) >= 11 is 0. The number of carbonyl (C=O) groups is 1. The quantitative estimate of drug-likeness (QED) is 0.594. The highest BCUT2D eigenvalue weighted by atomic mass is 16.5. The van der Waals surface area contributed by atoms with Gasteiger partial charge in [-0.3, -0.25) is 4.79 Å². The van der Waals surface area contributed by atoms with Gasteiger partial charge in [-0.15, -0.1) is 0 Å². The molecule has 5 heteroatoms. The van der Waals surface area contributed by atoms with Gasteiger partial charge in [-0.2, -0.15) is 0 Å². The van der Waals surface area contributed by atoms with Gasteiger partial charge in [-0.1, -0.05) is 0 Å². The van der Waals surface area contributed by atoms with Crippen LogP contribution in [0.4, 0.5) is 0 Å². The van der Waals surface area contributed by atoms with E-state index >= 15 is 0 Å². The Morgan fingerprint density at radius 3 is 2.43 bits per heavy atom. The summed E-state index contributed by atoms with van der Waals surface area (Å²) in [6.45, 7) is 0. The Labute approximate surface area is 121 Å². The molecule has 2 aromatic rings. The molecule has 0 aromatic heterocycles. The molecule has 2 aromatic carbocycles. The predicted molar refractivity (Wildman–Crippen MR) is 77.8 cm³/mol. The van der Waals surface area contributed by atoms with E-state index in [1.807, 2.05) is 0 Å². The normalized spacial score (nSPS) is 10.7. The molecule has 0 heterocycles. The number of allylic oxidation sites excluding steroid dienone is 1. The number of ketones is 1. The maximum Gasteiger partial charge on any atom is 0.189 e. The van der Waals surface area contributed by atoms with Crippen LogP contribution in [0.1, 0.15) is 15.9 Å². The van der Waals surface area contributed by atoms with Crippen LogP contribution in [0.5, 0.6) is 23.0 Å². The van der Waals surface area contributed by atoms with Gasteiger partial charge >= 0.3 is 0 Å². The maximum atomic E-state index is 11.9. The molecule has 0 saturated heterocycles. The van der Waals surface area contributed by atoms with Crippen LogP contribution in [-0.4, -0.2) is 28.2 Å². The lowest BCUT2D eigenvalue weighted by Crippen LogP contribution is -1.94. The van der Waals surface area contributed by atoms with Gasteiger partial charge in [-0.05, 0) is 36.4 Å². The van der Waals surface area contributed by atoms with Crippen molar-refractivity contribution in [3.05, 3.63) is 53.6 Å². The van der Waals surface area contributed by atoms with Crippen molar-refractivity contribution in [2.45, 2.75) is 0 Å². The van der Waals surface area contributed by atoms with Gasteiger partial charge in [0, 0.05) is 17.7 Å². The molecule has 0 unspecified atom stereocenters. The Balaban J connectivity index is 2.22. The van der Waals surface area contributed by atoms with Crippen molar-refractivity contribution >= 4 is 11.9 Å². The first-order chi connectivity index (χ1) is 10.0. The second kappa shape index (κ2) is 6.00. The summed E-state index contributed by atoms with van der Waals surface area (Å²) in [5, 5.41) is 28.6. The van der Waals surface area contributed by atoms with Crippen LogP contribution in [0.25, 0.3) is 6.08 Å². The first-order valence-electron chi connectivity index (χ1n) is 6.12. The third-order valence-electron chi connectivity index (χ3n) is 2.90. The lowest BCUT2D eigenvalue weighted by atomic mass is 10.1. The second-order valence-corrected chi connectivity index (χ2v) is 4.32. The van der Waals surface area contributed by atoms with Crippen molar-refractivity contribution in [2.24, 2.45) is 0 Å². The first kappa shape index (κ1) is 14.5. The minimum absolute atomic E-state index is 0.0201. The Hall–Kier alpha value is -2.95. The van der Waals surface area contributed by atoms with E-state index in [1.165, 1.54) is 37.5 Å². The van der Waals surface area contributed by atoms with Gasteiger partial charge in [-0.25, -0.2) is 0 Å². The lowest BCUT2D eigenvalue weighted by Gasteiger charge is -2.03. The van der Waals surface area contributed by atoms with E-state index in [2.05, 4.69) is 0 Å². The summed E-state index contributed by atoms with van der Waals surface area (Å²) in [6, 6.07) is 8.42. The number of benzene rings is 2. The van der Waals surface area contributed by atoms with E-state index in [4.69, 9.17) is 4.74 Å². The van der Waals surface area contributed by atoms with E-state index in [0.29, 0.717) is 11.3 Å². The number of aromatic hydroxyl groups is 3. The molecule has 0 radical (unpaired) electrons. The molecule has 0 aliphatic carbocycles. The monoisotopic (exact) mass is 286 g/mol. The van der Waals surface area contributed by atoms with Crippen molar-refractivity contribution in [2.75, 3.05) is 7.11 Å². The van der Waals surface area contributed by atoms with Crippen molar-refractivity contribution in [3.63, 3.8) is 0 Å². The van der Waals surface area contributed by atoms with Gasteiger partial charge < -0.3 is 20.1 Å². The SMILES string of the molecule is COc1ccc(C=CC(=O)c2ccc(O)cc2O)c(O)c1. The lowest BCUT2D eigenvalue weighted by molar-refractivity contribution is 0.104. The molecule has 2 rings (SSSR count). The zero-order valence-electron chi connectivity index (χ0n) is 11.3. The fourth-order valence-electron chi connectivity index (χ4n) is 1.78. The summed E-state index contributed by atoms with van der Waals surface area (Å²) in [4.78, 5) is 11.9. The molecule has 0 aliphatic rings. The van der Waals surface area contributed by atoms with Crippen LogP contribution < -0.4 is 4.74 Å². The highest BCUT2D eigenvalue weighted by molar-refractivity contribution is 6.08. The number of phenolic OH excluding ortho intramolecular Hbond substituents is 3. The molecule has 0 atom stereocenters. The minimum Gasteiger partial charge on any atom is -0.508 e. The maximum absolute atomic E-state index is 11.9. The molecule has 0 aliphatic heterocycles. The van der Waals surface area contributed by atoms with Crippen molar-refractivity contribution in [3.8, 4) is 23.0 Å². The van der Waals surface area contributed by atoms with E-state index < -0.39 is 5.78 Å². The van der Waals surface area contributed by atoms with Gasteiger partial charge in [0.25, 0.3) is 0 Å². The summed E-state index contributed by atoms with van der Waals surface area (Å²) in [5.41, 5.74) is 0.513. The Morgan fingerprint density at radius 1 is 1.05 bits per heavy atom. The molecule has 0 spiro atoms. The molecular formula is C16H14O5. The fraction of sp³-hybridized carbons (Fsp3) is 0.0625. The van der Waals surface area contributed by atoms with Crippen molar-refractivity contribution < 1.29 is 24.9 Å². The number of hydrogen-bond acceptors (Lipinski definition) is 5. The number of carbonyl (C=O) groups excluding carboxylic acids is 1. The van der Waals surface area contributed by atoms with E-state index in [1.54, 1.807) is 12.1 Å². The van der Waals surface area contributed by atoms with Crippen molar-refractivity contribution in [1.29, 1.82) is 0 Å². The summed E-state index contributed by atoms with van der Waals surface area (Å²) in [5.74, 6) is -0.382. The molecule has 0 amide bonds. The molecule has 0 saturated carbocycles. The number of hydrogen-bond donors (Lipinski definition) is 3. The fourth-order valence-corrected chi connectivity index (χ4v) is 1.78. The third-order valence-corrected chi connectivity index (χ3v) is 2.90. The average Bonchev–Trinajstić information content (AvgIpc) is 2.45. The van der Waals surface area contributed by atoms with Crippen LogP contribution in [0.2, 0.25) is 0 Å². The number of ether oxygens (including phenoxy) is 1. The Morgan fingerprint density at radius 2 is 1.81 bits per heavy atom. The zero-order chi connectivity index (χ0) is 15.4. The molecule has 108 valence electrons. The first-order valence-corrected chi connectivity index (χ1v) is 6.12. The largest absolute Gasteiger partial charge is 0.508 e. The molecule has 5 nitrogen and oxygen atoms in total. The van der Waals surface area contributed by atoms with Crippen LogP contribution >= 0.6 is 0 Å². The summed E-state index contributed by atoms with van der Waals surface area (Å²) in [6.07, 6.45) is 2.66.